The van der Waals surface area contributed by atoms with Crippen LogP contribution in [0.1, 0.15) is 17.4 Å². The summed E-state index contributed by atoms with van der Waals surface area (Å²) in [5.41, 5.74) is 1.42. The van der Waals surface area contributed by atoms with Gasteiger partial charge < -0.3 is 14.6 Å². The van der Waals surface area contributed by atoms with Crippen LogP contribution in [0, 0.1) is 5.82 Å². The molecule has 0 spiro atoms. The molecule has 1 aromatic heterocycles. The third-order valence-corrected chi connectivity index (χ3v) is 3.04. The first-order valence-corrected chi connectivity index (χ1v) is 6.29. The Hall–Kier alpha value is -1.65. The van der Waals surface area contributed by atoms with Crippen LogP contribution >= 0.6 is 0 Å². The highest BCUT2D eigenvalue weighted by molar-refractivity contribution is 5.20. The Morgan fingerprint density at radius 2 is 1.95 bits per heavy atom. The number of rotatable bonds is 5. The van der Waals surface area contributed by atoms with Gasteiger partial charge in [-0.3, -0.25) is 0 Å². The molecule has 1 N–H and O–H groups in total. The van der Waals surface area contributed by atoms with Gasteiger partial charge in [0.05, 0.1) is 6.54 Å². The Labute approximate surface area is 112 Å². The summed E-state index contributed by atoms with van der Waals surface area (Å²) in [7, 11) is 3.82. The van der Waals surface area contributed by atoms with Gasteiger partial charge in [-0.2, -0.15) is 0 Å². The summed E-state index contributed by atoms with van der Waals surface area (Å²) in [6.45, 7) is 0.973. The molecule has 1 unspecified atom stereocenters. The van der Waals surface area contributed by atoms with Gasteiger partial charge in [0, 0.05) is 24.0 Å². The van der Waals surface area contributed by atoms with Crippen LogP contribution in [-0.2, 0) is 6.54 Å². The topological polar surface area (TPSA) is 28.4 Å². The van der Waals surface area contributed by atoms with E-state index in [1.807, 2.05) is 48.0 Å². The average Bonchev–Trinajstić information content (AvgIpc) is 2.79. The number of hydrogen-bond acceptors (Lipinski definition) is 2. The predicted molar refractivity (Wildman–Crippen MR) is 73.4 cm³/mol. The molecule has 0 aliphatic carbocycles. The van der Waals surface area contributed by atoms with E-state index in [0.29, 0.717) is 18.7 Å². The highest BCUT2D eigenvalue weighted by Gasteiger charge is 2.13. The molecule has 2 rings (SSSR count). The number of halogens is 1. The van der Waals surface area contributed by atoms with Crippen molar-refractivity contribution in [1.29, 1.82) is 0 Å². The van der Waals surface area contributed by atoms with Crippen LogP contribution in [0.2, 0.25) is 0 Å². The van der Waals surface area contributed by atoms with Gasteiger partial charge in [0.25, 0.3) is 0 Å². The molecular weight excluding hydrogens is 243 g/mol. The predicted octanol–water partition coefficient (Wildman–Crippen LogP) is 2.27. The smallest absolute Gasteiger partial charge is 0.128 e. The van der Waals surface area contributed by atoms with Crippen molar-refractivity contribution in [2.24, 2.45) is 0 Å². The fraction of sp³-hybridized carbons (Fsp3) is 0.333. The van der Waals surface area contributed by atoms with Gasteiger partial charge in [0.2, 0.25) is 0 Å². The average molecular weight is 262 g/mol. The number of likely N-dealkylation sites (N-methyl/N-ethyl adjacent to an activating group) is 1. The first-order valence-electron chi connectivity index (χ1n) is 6.29. The number of aliphatic hydroxyl groups is 1. The van der Waals surface area contributed by atoms with Gasteiger partial charge in [-0.1, -0.05) is 18.2 Å². The van der Waals surface area contributed by atoms with Gasteiger partial charge in [-0.05, 0) is 32.3 Å². The maximum absolute atomic E-state index is 13.6. The molecule has 0 amide bonds. The van der Waals surface area contributed by atoms with Crippen LogP contribution in [-0.4, -0.2) is 35.2 Å². The summed E-state index contributed by atoms with van der Waals surface area (Å²) in [6.07, 6.45) is 1.29. The minimum absolute atomic E-state index is 0.218. The van der Waals surface area contributed by atoms with Crippen molar-refractivity contribution >= 4 is 0 Å². The van der Waals surface area contributed by atoms with Crippen molar-refractivity contribution in [2.75, 3.05) is 20.6 Å². The molecule has 0 fully saturated rings. The molecule has 3 nitrogen and oxygen atoms in total. The first kappa shape index (κ1) is 13.8. The van der Waals surface area contributed by atoms with Crippen LogP contribution in [0.5, 0.6) is 0 Å². The van der Waals surface area contributed by atoms with E-state index in [2.05, 4.69) is 0 Å². The van der Waals surface area contributed by atoms with E-state index in [-0.39, 0.29) is 5.82 Å². The Balaban J connectivity index is 2.18. The van der Waals surface area contributed by atoms with Gasteiger partial charge in [0.15, 0.2) is 0 Å². The van der Waals surface area contributed by atoms with Crippen molar-refractivity contribution in [2.45, 2.75) is 12.6 Å². The highest BCUT2D eigenvalue weighted by Crippen LogP contribution is 2.17. The zero-order chi connectivity index (χ0) is 13.8. The molecule has 0 radical (unpaired) electrons. The van der Waals surface area contributed by atoms with Crippen LogP contribution in [0.3, 0.4) is 0 Å². The molecule has 1 aromatic carbocycles. The molecule has 0 aliphatic rings. The molecule has 0 saturated heterocycles. The van der Waals surface area contributed by atoms with Crippen LogP contribution < -0.4 is 0 Å². The molecule has 0 bridgehead atoms. The van der Waals surface area contributed by atoms with Crippen molar-refractivity contribution in [1.82, 2.24) is 9.47 Å². The van der Waals surface area contributed by atoms with Gasteiger partial charge in [-0.15, -0.1) is 0 Å². The SMILES string of the molecule is CN(C)CC(O)c1cccn1Cc1ccccc1F. The molecule has 0 saturated carbocycles. The summed E-state index contributed by atoms with van der Waals surface area (Å²) < 4.78 is 15.5. The Morgan fingerprint density at radius 1 is 1.21 bits per heavy atom. The number of aromatic nitrogens is 1. The van der Waals surface area contributed by atoms with E-state index in [4.69, 9.17) is 0 Å². The number of hydrogen-bond donors (Lipinski definition) is 1. The van der Waals surface area contributed by atoms with Crippen LogP contribution in [0.25, 0.3) is 0 Å². The second-order valence-corrected chi connectivity index (χ2v) is 4.93. The fourth-order valence-electron chi connectivity index (χ4n) is 2.12. The molecule has 19 heavy (non-hydrogen) atoms. The number of benzene rings is 1. The summed E-state index contributed by atoms with van der Waals surface area (Å²) >= 11 is 0. The molecule has 4 heteroatoms. The third kappa shape index (κ3) is 3.43. The Morgan fingerprint density at radius 3 is 2.63 bits per heavy atom. The van der Waals surface area contributed by atoms with E-state index in [1.54, 1.807) is 12.1 Å². The Bertz CT molecular complexity index is 536. The lowest BCUT2D eigenvalue weighted by atomic mass is 10.2. The molecule has 0 aliphatic heterocycles. The number of aliphatic hydroxyl groups excluding tert-OH is 1. The summed E-state index contributed by atoms with van der Waals surface area (Å²) in [5.74, 6) is -0.218. The fourth-order valence-corrected chi connectivity index (χ4v) is 2.12. The molecule has 102 valence electrons. The molecule has 1 atom stereocenters. The lowest BCUT2D eigenvalue weighted by Gasteiger charge is -2.18. The largest absolute Gasteiger partial charge is 0.386 e. The summed E-state index contributed by atoms with van der Waals surface area (Å²) in [6, 6.07) is 10.4. The standard InChI is InChI=1S/C15H19FN2O/c1-17(2)11-15(19)14-8-5-9-18(14)10-12-6-3-4-7-13(12)16/h3-9,15,19H,10-11H2,1-2H3. The zero-order valence-corrected chi connectivity index (χ0v) is 11.3. The van der Waals surface area contributed by atoms with Crippen molar-refractivity contribution < 1.29 is 9.50 Å². The minimum atomic E-state index is -0.572. The van der Waals surface area contributed by atoms with Crippen molar-refractivity contribution in [3.63, 3.8) is 0 Å². The monoisotopic (exact) mass is 262 g/mol. The van der Waals surface area contributed by atoms with Crippen molar-refractivity contribution in [3.05, 3.63) is 59.7 Å². The third-order valence-electron chi connectivity index (χ3n) is 3.04. The van der Waals surface area contributed by atoms with E-state index in [1.165, 1.54) is 6.07 Å². The summed E-state index contributed by atoms with van der Waals surface area (Å²) in [5, 5.41) is 10.2. The Kier molecular flexibility index (Phi) is 4.35. The maximum Gasteiger partial charge on any atom is 0.128 e. The van der Waals surface area contributed by atoms with Crippen LogP contribution in [0.15, 0.2) is 42.6 Å². The molecular formula is C15H19FN2O. The van der Waals surface area contributed by atoms with E-state index in [9.17, 15) is 9.50 Å². The van der Waals surface area contributed by atoms with E-state index < -0.39 is 6.10 Å². The van der Waals surface area contributed by atoms with Gasteiger partial charge in [0.1, 0.15) is 11.9 Å². The lowest BCUT2D eigenvalue weighted by Crippen LogP contribution is -2.22. The second kappa shape index (κ2) is 5.99. The lowest BCUT2D eigenvalue weighted by molar-refractivity contribution is 0.131. The minimum Gasteiger partial charge on any atom is -0.386 e. The van der Waals surface area contributed by atoms with Gasteiger partial charge >= 0.3 is 0 Å². The second-order valence-electron chi connectivity index (χ2n) is 4.93. The quantitative estimate of drug-likeness (QED) is 0.895. The normalized spacial score (nSPS) is 12.9. The summed E-state index contributed by atoms with van der Waals surface area (Å²) in [4.78, 5) is 1.92. The molecule has 2 aromatic rings. The maximum atomic E-state index is 13.6. The van der Waals surface area contributed by atoms with Gasteiger partial charge in [-0.25, -0.2) is 4.39 Å². The number of nitrogens with zero attached hydrogens (tertiary/aromatic N) is 2. The highest BCUT2D eigenvalue weighted by atomic mass is 19.1. The first-order chi connectivity index (χ1) is 9.08. The zero-order valence-electron chi connectivity index (χ0n) is 11.3. The van der Waals surface area contributed by atoms with E-state index >= 15 is 0 Å². The van der Waals surface area contributed by atoms with E-state index in [0.717, 1.165) is 5.69 Å². The van der Waals surface area contributed by atoms with Crippen LogP contribution in [0.4, 0.5) is 4.39 Å². The molecule has 1 heterocycles. The van der Waals surface area contributed by atoms with Crippen molar-refractivity contribution in [3.8, 4) is 0 Å².